The lowest BCUT2D eigenvalue weighted by Crippen LogP contribution is -2.59. The van der Waals surface area contributed by atoms with Gasteiger partial charge in [0.2, 0.25) is 5.91 Å². The van der Waals surface area contributed by atoms with Gasteiger partial charge in [-0.25, -0.2) is 0 Å². The zero-order valence-electron chi connectivity index (χ0n) is 9.95. The maximum Gasteiger partial charge on any atom is 0.242 e. The summed E-state index contributed by atoms with van der Waals surface area (Å²) in [6, 6.07) is 0. The lowest BCUT2D eigenvalue weighted by molar-refractivity contribution is -0.139. The minimum atomic E-state index is -0.577. The topological polar surface area (TPSA) is 55.6 Å². The summed E-state index contributed by atoms with van der Waals surface area (Å²) in [5.41, 5.74) is 5.37. The van der Waals surface area contributed by atoms with E-state index in [9.17, 15) is 4.79 Å². The minimum Gasteiger partial charge on any atom is -0.377 e. The Labute approximate surface area is 91.8 Å². The number of nitrogens with two attached hydrogens (primary N) is 1. The zero-order valence-corrected chi connectivity index (χ0v) is 9.95. The van der Waals surface area contributed by atoms with E-state index >= 15 is 0 Å². The van der Waals surface area contributed by atoms with Crippen LogP contribution in [0.4, 0.5) is 0 Å². The van der Waals surface area contributed by atoms with Crippen LogP contribution < -0.4 is 5.73 Å². The van der Waals surface area contributed by atoms with E-state index in [0.717, 1.165) is 19.3 Å². The number of likely N-dealkylation sites (N-methyl/N-ethyl adjacent to an activating group) is 1. The highest BCUT2D eigenvalue weighted by Gasteiger charge is 2.41. The summed E-state index contributed by atoms with van der Waals surface area (Å²) < 4.78 is 5.39. The minimum absolute atomic E-state index is 0.0566. The van der Waals surface area contributed by atoms with Crippen LogP contribution in [0.5, 0.6) is 0 Å². The average molecular weight is 214 g/mol. The number of hydrogen-bond donors (Lipinski definition) is 1. The Bertz CT molecular complexity index is 225. The van der Waals surface area contributed by atoms with Gasteiger partial charge in [0.25, 0.3) is 0 Å². The van der Waals surface area contributed by atoms with E-state index in [1.54, 1.807) is 11.9 Å². The van der Waals surface area contributed by atoms with Crippen LogP contribution in [0.1, 0.15) is 33.1 Å². The molecule has 1 amide bonds. The van der Waals surface area contributed by atoms with Crippen molar-refractivity contribution in [2.24, 2.45) is 5.73 Å². The fourth-order valence-electron chi connectivity index (χ4n) is 1.68. The molecule has 1 aliphatic carbocycles. The van der Waals surface area contributed by atoms with Gasteiger partial charge in [-0.2, -0.15) is 0 Å². The monoisotopic (exact) mass is 214 g/mol. The van der Waals surface area contributed by atoms with Crippen LogP contribution in [0, 0.1) is 0 Å². The van der Waals surface area contributed by atoms with Gasteiger partial charge in [-0.15, -0.1) is 0 Å². The third kappa shape index (κ3) is 3.18. The Morgan fingerprint density at radius 3 is 2.53 bits per heavy atom. The van der Waals surface area contributed by atoms with Gasteiger partial charge in [-0.05, 0) is 33.1 Å². The van der Waals surface area contributed by atoms with Crippen LogP contribution in [-0.4, -0.2) is 42.6 Å². The number of carbonyl (C=O) groups excluding carboxylic acids is 1. The van der Waals surface area contributed by atoms with Crippen molar-refractivity contribution in [1.82, 2.24) is 4.90 Å². The quantitative estimate of drug-likeness (QED) is 0.735. The number of ether oxygens (including phenoxy) is 1. The molecule has 1 saturated carbocycles. The standard InChI is InChI=1S/C11H22N2O2/c1-9(2)15-8-7-13(3)10(14)11(12)5-4-6-11/h9H,4-8,12H2,1-3H3. The third-order valence-corrected chi connectivity index (χ3v) is 2.90. The lowest BCUT2D eigenvalue weighted by Gasteiger charge is -2.39. The van der Waals surface area contributed by atoms with Crippen molar-refractivity contribution in [2.75, 3.05) is 20.2 Å². The van der Waals surface area contributed by atoms with E-state index in [4.69, 9.17) is 10.5 Å². The van der Waals surface area contributed by atoms with Crippen molar-refractivity contribution >= 4 is 5.91 Å². The molecular weight excluding hydrogens is 192 g/mol. The first-order valence-electron chi connectivity index (χ1n) is 5.62. The molecule has 15 heavy (non-hydrogen) atoms. The van der Waals surface area contributed by atoms with Gasteiger partial charge in [-0.1, -0.05) is 0 Å². The van der Waals surface area contributed by atoms with Gasteiger partial charge >= 0.3 is 0 Å². The first-order chi connectivity index (χ1) is 6.96. The van der Waals surface area contributed by atoms with E-state index in [-0.39, 0.29) is 12.0 Å². The Hall–Kier alpha value is -0.610. The average Bonchev–Trinajstić information content (AvgIpc) is 2.12. The Morgan fingerprint density at radius 2 is 2.13 bits per heavy atom. The largest absolute Gasteiger partial charge is 0.377 e. The molecular formula is C11H22N2O2. The third-order valence-electron chi connectivity index (χ3n) is 2.90. The zero-order chi connectivity index (χ0) is 11.5. The molecule has 0 heterocycles. The summed E-state index contributed by atoms with van der Waals surface area (Å²) in [7, 11) is 1.79. The molecule has 4 heteroatoms. The molecule has 4 nitrogen and oxygen atoms in total. The molecule has 0 radical (unpaired) electrons. The van der Waals surface area contributed by atoms with Gasteiger partial charge in [0.05, 0.1) is 18.2 Å². The second kappa shape index (κ2) is 4.94. The van der Waals surface area contributed by atoms with Crippen molar-refractivity contribution < 1.29 is 9.53 Å². The molecule has 0 aromatic rings. The summed E-state index contributed by atoms with van der Waals surface area (Å²) in [6.07, 6.45) is 2.92. The van der Waals surface area contributed by atoms with Crippen LogP contribution in [0.3, 0.4) is 0 Å². The Morgan fingerprint density at radius 1 is 1.53 bits per heavy atom. The number of nitrogens with zero attached hydrogens (tertiary/aromatic N) is 1. The molecule has 2 N–H and O–H groups in total. The molecule has 0 aliphatic heterocycles. The van der Waals surface area contributed by atoms with Gasteiger partial charge in [-0.3, -0.25) is 4.79 Å². The number of carbonyl (C=O) groups is 1. The van der Waals surface area contributed by atoms with Crippen molar-refractivity contribution in [2.45, 2.75) is 44.8 Å². The molecule has 88 valence electrons. The van der Waals surface area contributed by atoms with Gasteiger partial charge in [0.1, 0.15) is 0 Å². The van der Waals surface area contributed by atoms with Crippen LogP contribution in [0.25, 0.3) is 0 Å². The fourth-order valence-corrected chi connectivity index (χ4v) is 1.68. The SMILES string of the molecule is CC(C)OCCN(C)C(=O)C1(N)CCC1. The predicted molar refractivity (Wildman–Crippen MR) is 59.5 cm³/mol. The van der Waals surface area contributed by atoms with Crippen molar-refractivity contribution in [3.63, 3.8) is 0 Å². The highest BCUT2D eigenvalue weighted by Crippen LogP contribution is 2.30. The van der Waals surface area contributed by atoms with Crippen molar-refractivity contribution in [3.8, 4) is 0 Å². The van der Waals surface area contributed by atoms with Gasteiger partial charge in [0, 0.05) is 13.6 Å². The molecule has 1 rings (SSSR count). The summed E-state index contributed by atoms with van der Waals surface area (Å²) in [6.45, 7) is 5.17. The molecule has 1 fully saturated rings. The number of rotatable bonds is 5. The summed E-state index contributed by atoms with van der Waals surface area (Å²) in [5.74, 6) is 0.0566. The fraction of sp³-hybridized carbons (Fsp3) is 0.909. The van der Waals surface area contributed by atoms with Crippen LogP contribution in [0.15, 0.2) is 0 Å². The van der Waals surface area contributed by atoms with E-state index in [2.05, 4.69) is 0 Å². The summed E-state index contributed by atoms with van der Waals surface area (Å²) in [5, 5.41) is 0. The second-order valence-corrected chi connectivity index (χ2v) is 4.66. The number of hydrogen-bond acceptors (Lipinski definition) is 3. The van der Waals surface area contributed by atoms with Gasteiger partial charge < -0.3 is 15.4 Å². The molecule has 0 atom stereocenters. The van der Waals surface area contributed by atoms with E-state index in [1.165, 1.54) is 0 Å². The predicted octanol–water partition coefficient (Wildman–Crippen LogP) is 0.751. The van der Waals surface area contributed by atoms with E-state index in [0.29, 0.717) is 13.2 Å². The second-order valence-electron chi connectivity index (χ2n) is 4.66. The van der Waals surface area contributed by atoms with Crippen LogP contribution in [0.2, 0.25) is 0 Å². The van der Waals surface area contributed by atoms with Crippen molar-refractivity contribution in [3.05, 3.63) is 0 Å². The van der Waals surface area contributed by atoms with Crippen LogP contribution in [-0.2, 0) is 9.53 Å². The molecule has 0 spiro atoms. The van der Waals surface area contributed by atoms with Crippen LogP contribution >= 0.6 is 0 Å². The highest BCUT2D eigenvalue weighted by molar-refractivity contribution is 5.86. The summed E-state index contributed by atoms with van der Waals surface area (Å²) >= 11 is 0. The Balaban J connectivity index is 2.27. The lowest BCUT2D eigenvalue weighted by atomic mass is 9.77. The Kier molecular flexibility index (Phi) is 4.11. The molecule has 0 bridgehead atoms. The summed E-state index contributed by atoms with van der Waals surface area (Å²) in [4.78, 5) is 13.6. The molecule has 0 saturated heterocycles. The number of amides is 1. The first-order valence-corrected chi connectivity index (χ1v) is 5.62. The molecule has 0 aromatic heterocycles. The molecule has 0 aromatic carbocycles. The molecule has 0 unspecified atom stereocenters. The highest BCUT2D eigenvalue weighted by atomic mass is 16.5. The van der Waals surface area contributed by atoms with E-state index < -0.39 is 5.54 Å². The molecule has 1 aliphatic rings. The van der Waals surface area contributed by atoms with E-state index in [1.807, 2.05) is 13.8 Å². The maximum atomic E-state index is 11.9. The normalized spacial score (nSPS) is 18.7. The maximum absolute atomic E-state index is 11.9. The first kappa shape index (κ1) is 12.5. The van der Waals surface area contributed by atoms with Gasteiger partial charge in [0.15, 0.2) is 0 Å². The smallest absolute Gasteiger partial charge is 0.242 e. The van der Waals surface area contributed by atoms with Crippen molar-refractivity contribution in [1.29, 1.82) is 0 Å².